The van der Waals surface area contributed by atoms with Crippen molar-refractivity contribution in [2.45, 2.75) is 19.8 Å². The van der Waals surface area contributed by atoms with Crippen LogP contribution >= 0.6 is 0 Å². The van der Waals surface area contributed by atoms with E-state index in [0.717, 1.165) is 11.3 Å². The minimum Gasteiger partial charge on any atom is -0.497 e. The summed E-state index contributed by atoms with van der Waals surface area (Å²) in [6.07, 6.45) is 0. The summed E-state index contributed by atoms with van der Waals surface area (Å²) in [6.45, 7) is 4.13. The van der Waals surface area contributed by atoms with Crippen molar-refractivity contribution in [3.05, 3.63) is 83.7 Å². The second-order valence-electron chi connectivity index (χ2n) is 6.79. The maximum Gasteiger partial charge on any atom is 0.274 e. The average molecular weight is 389 g/mol. The quantitative estimate of drug-likeness (QED) is 0.639. The predicted octanol–water partition coefficient (Wildman–Crippen LogP) is 4.72. The Morgan fingerprint density at radius 1 is 0.828 bits per heavy atom. The van der Waals surface area contributed by atoms with Crippen LogP contribution in [0.25, 0.3) is 0 Å². The van der Waals surface area contributed by atoms with E-state index in [4.69, 9.17) is 4.74 Å². The Kier molecular flexibility index (Phi) is 6.24. The van der Waals surface area contributed by atoms with Gasteiger partial charge >= 0.3 is 0 Å². The molecule has 6 nitrogen and oxygen atoms in total. The Balaban J connectivity index is 1.74. The highest BCUT2D eigenvalue weighted by atomic mass is 16.5. The molecule has 0 aliphatic heterocycles. The van der Waals surface area contributed by atoms with E-state index in [1.165, 1.54) is 0 Å². The lowest BCUT2D eigenvalue weighted by molar-refractivity contribution is 0.101. The summed E-state index contributed by atoms with van der Waals surface area (Å²) in [7, 11) is 1.58. The molecule has 0 radical (unpaired) electrons. The zero-order valence-corrected chi connectivity index (χ0v) is 16.6. The van der Waals surface area contributed by atoms with Crippen LogP contribution in [-0.2, 0) is 0 Å². The number of carbonyl (C=O) groups is 2. The Labute approximate surface area is 169 Å². The van der Waals surface area contributed by atoms with E-state index in [9.17, 15) is 9.59 Å². The van der Waals surface area contributed by atoms with E-state index in [1.807, 2.05) is 24.3 Å². The minimum atomic E-state index is -0.396. The summed E-state index contributed by atoms with van der Waals surface area (Å²) in [5.41, 5.74) is 2.71. The number of nitrogens with zero attached hydrogens (tertiary/aromatic N) is 1. The maximum atomic E-state index is 12.7. The number of pyridine rings is 1. The molecule has 0 saturated heterocycles. The Morgan fingerprint density at radius 3 is 2.07 bits per heavy atom. The number of anilines is 2. The van der Waals surface area contributed by atoms with E-state index in [2.05, 4.69) is 29.5 Å². The number of para-hydroxylation sites is 1. The monoisotopic (exact) mass is 389 g/mol. The molecule has 3 rings (SSSR count). The highest BCUT2D eigenvalue weighted by Crippen LogP contribution is 2.24. The molecular formula is C23H23N3O3. The minimum absolute atomic E-state index is 0.158. The zero-order valence-electron chi connectivity index (χ0n) is 16.6. The van der Waals surface area contributed by atoms with Gasteiger partial charge in [-0.15, -0.1) is 0 Å². The number of hydrogen-bond acceptors (Lipinski definition) is 4. The van der Waals surface area contributed by atoms with E-state index < -0.39 is 5.91 Å². The summed E-state index contributed by atoms with van der Waals surface area (Å²) in [6, 6.07) is 19.4. The van der Waals surface area contributed by atoms with Crippen molar-refractivity contribution < 1.29 is 14.3 Å². The van der Waals surface area contributed by atoms with Crippen molar-refractivity contribution in [1.82, 2.24) is 4.98 Å². The molecule has 2 N–H and O–H groups in total. The third kappa shape index (κ3) is 4.99. The van der Waals surface area contributed by atoms with Crippen LogP contribution in [0.2, 0.25) is 0 Å². The highest BCUT2D eigenvalue weighted by molar-refractivity contribution is 6.06. The van der Waals surface area contributed by atoms with Crippen LogP contribution in [0.15, 0.2) is 66.7 Å². The predicted molar refractivity (Wildman–Crippen MR) is 114 cm³/mol. The van der Waals surface area contributed by atoms with Gasteiger partial charge < -0.3 is 15.4 Å². The van der Waals surface area contributed by atoms with Crippen molar-refractivity contribution in [2.75, 3.05) is 17.7 Å². The van der Waals surface area contributed by atoms with Crippen molar-refractivity contribution in [1.29, 1.82) is 0 Å². The molecule has 0 spiro atoms. The van der Waals surface area contributed by atoms with Crippen LogP contribution in [0.3, 0.4) is 0 Å². The lowest BCUT2D eigenvalue weighted by Crippen LogP contribution is -2.19. The number of benzene rings is 2. The van der Waals surface area contributed by atoms with Gasteiger partial charge in [0, 0.05) is 11.4 Å². The first-order valence-electron chi connectivity index (χ1n) is 9.30. The number of amides is 2. The van der Waals surface area contributed by atoms with Gasteiger partial charge in [0.15, 0.2) is 0 Å². The van der Waals surface area contributed by atoms with E-state index >= 15 is 0 Å². The number of carbonyl (C=O) groups excluding carboxylic acids is 2. The Hall–Kier alpha value is -3.67. The zero-order chi connectivity index (χ0) is 20.8. The highest BCUT2D eigenvalue weighted by Gasteiger charge is 2.15. The van der Waals surface area contributed by atoms with Gasteiger partial charge in [-0.3, -0.25) is 9.59 Å². The fourth-order valence-corrected chi connectivity index (χ4v) is 2.86. The van der Waals surface area contributed by atoms with Crippen molar-refractivity contribution in [2.24, 2.45) is 0 Å². The maximum absolute atomic E-state index is 12.7. The molecule has 0 aliphatic carbocycles. The fourth-order valence-electron chi connectivity index (χ4n) is 2.86. The van der Waals surface area contributed by atoms with Gasteiger partial charge in [-0.1, -0.05) is 38.1 Å². The SMILES string of the molecule is COc1ccc(NC(=O)c2cccc(C(=O)Nc3ccccc3C(C)C)n2)cc1. The van der Waals surface area contributed by atoms with Crippen LogP contribution in [0.1, 0.15) is 46.3 Å². The van der Waals surface area contributed by atoms with Crippen LogP contribution < -0.4 is 15.4 Å². The first-order chi connectivity index (χ1) is 14.0. The van der Waals surface area contributed by atoms with Gasteiger partial charge in [-0.2, -0.15) is 0 Å². The summed E-state index contributed by atoms with van der Waals surface area (Å²) < 4.78 is 5.10. The van der Waals surface area contributed by atoms with Gasteiger partial charge in [-0.05, 0) is 53.9 Å². The van der Waals surface area contributed by atoms with E-state index in [1.54, 1.807) is 49.6 Å². The summed E-state index contributed by atoms with van der Waals surface area (Å²) in [5.74, 6) is 0.201. The molecule has 0 atom stereocenters. The van der Waals surface area contributed by atoms with Crippen molar-refractivity contribution in [3.63, 3.8) is 0 Å². The number of hydrogen-bond donors (Lipinski definition) is 2. The summed E-state index contributed by atoms with van der Waals surface area (Å²) in [4.78, 5) is 29.4. The van der Waals surface area contributed by atoms with E-state index in [0.29, 0.717) is 11.4 Å². The van der Waals surface area contributed by atoms with Gasteiger partial charge in [-0.25, -0.2) is 4.98 Å². The Bertz CT molecular complexity index is 1010. The fraction of sp³-hybridized carbons (Fsp3) is 0.174. The second-order valence-corrected chi connectivity index (χ2v) is 6.79. The smallest absolute Gasteiger partial charge is 0.274 e. The largest absolute Gasteiger partial charge is 0.497 e. The molecule has 2 aromatic carbocycles. The lowest BCUT2D eigenvalue weighted by Gasteiger charge is -2.13. The third-order valence-electron chi connectivity index (χ3n) is 4.39. The molecule has 1 aromatic heterocycles. The van der Waals surface area contributed by atoms with Gasteiger partial charge in [0.25, 0.3) is 11.8 Å². The molecule has 148 valence electrons. The number of ether oxygens (including phenoxy) is 1. The number of methoxy groups -OCH3 is 1. The van der Waals surface area contributed by atoms with Gasteiger partial charge in [0.1, 0.15) is 17.1 Å². The van der Waals surface area contributed by atoms with Crippen LogP contribution in [0, 0.1) is 0 Å². The van der Waals surface area contributed by atoms with Crippen LogP contribution in [0.5, 0.6) is 5.75 Å². The molecule has 0 saturated carbocycles. The number of aromatic nitrogens is 1. The topological polar surface area (TPSA) is 80.3 Å². The molecule has 1 heterocycles. The third-order valence-corrected chi connectivity index (χ3v) is 4.39. The summed E-state index contributed by atoms with van der Waals surface area (Å²) in [5, 5.41) is 5.65. The summed E-state index contributed by atoms with van der Waals surface area (Å²) >= 11 is 0. The molecule has 0 unspecified atom stereocenters. The molecule has 0 aliphatic rings. The van der Waals surface area contributed by atoms with Crippen molar-refractivity contribution >= 4 is 23.2 Å². The molecule has 2 amide bonds. The first kappa shape index (κ1) is 20.1. The van der Waals surface area contributed by atoms with Gasteiger partial charge in [0.05, 0.1) is 7.11 Å². The first-order valence-corrected chi connectivity index (χ1v) is 9.30. The molecular weight excluding hydrogens is 366 g/mol. The number of rotatable bonds is 6. The Morgan fingerprint density at radius 2 is 1.45 bits per heavy atom. The number of nitrogens with one attached hydrogen (secondary N) is 2. The van der Waals surface area contributed by atoms with Gasteiger partial charge in [0.2, 0.25) is 0 Å². The lowest BCUT2D eigenvalue weighted by atomic mass is 10.0. The molecule has 0 fully saturated rings. The van der Waals surface area contributed by atoms with Crippen LogP contribution in [0.4, 0.5) is 11.4 Å². The molecule has 6 heteroatoms. The normalized spacial score (nSPS) is 10.5. The second kappa shape index (κ2) is 9.01. The molecule has 29 heavy (non-hydrogen) atoms. The van der Waals surface area contributed by atoms with Crippen molar-refractivity contribution in [3.8, 4) is 5.75 Å². The molecule has 0 bridgehead atoms. The standard InChI is InChI=1S/C23H23N3O3/c1-15(2)18-7-4-5-8-19(18)26-23(28)21-10-6-9-20(25-21)22(27)24-16-11-13-17(29-3)14-12-16/h4-15H,1-3H3,(H,24,27)(H,26,28). The molecule has 3 aromatic rings. The van der Waals surface area contributed by atoms with E-state index in [-0.39, 0.29) is 23.2 Å². The van der Waals surface area contributed by atoms with Crippen LogP contribution in [-0.4, -0.2) is 23.9 Å². The average Bonchev–Trinajstić information content (AvgIpc) is 2.74.